The van der Waals surface area contributed by atoms with Gasteiger partial charge in [0.1, 0.15) is 0 Å². The molecule has 0 radical (unpaired) electrons. The molecule has 7 fully saturated rings. The first kappa shape index (κ1) is 73.1. The second kappa shape index (κ2) is 35.4. The Morgan fingerprint density at radius 3 is 1.22 bits per heavy atom. The van der Waals surface area contributed by atoms with E-state index in [2.05, 4.69) is 26.6 Å². The van der Waals surface area contributed by atoms with E-state index in [9.17, 15) is 95.0 Å². The van der Waals surface area contributed by atoms with Gasteiger partial charge in [-0.1, -0.05) is 58.0 Å². The maximum absolute atomic E-state index is 12.8. The van der Waals surface area contributed by atoms with Crippen molar-refractivity contribution in [2.75, 3.05) is 65.7 Å². The minimum Gasteiger partial charge on any atom is -0.390 e. The summed E-state index contributed by atoms with van der Waals surface area (Å²) >= 11 is 0. The molecular formula is C53H92F10N6O12. The van der Waals surface area contributed by atoms with Gasteiger partial charge in [-0.25, -0.2) is 35.1 Å². The number of β-amino-alcohol motifs (C(OH)–C–C–N with tert-alkyl or cyclic N) is 6. The number of nitrogens with zero attached hydrogens (tertiary/aromatic N) is 1. The molecule has 81 heavy (non-hydrogen) atoms. The highest BCUT2D eigenvalue weighted by atomic mass is 19.3. The number of rotatable bonds is 12. The number of aliphatic hydroxyl groups is 12. The van der Waals surface area contributed by atoms with Gasteiger partial charge < -0.3 is 87.9 Å². The van der Waals surface area contributed by atoms with Crippen LogP contribution < -0.4 is 26.6 Å². The second-order valence-corrected chi connectivity index (χ2v) is 22.1. The first-order valence-corrected chi connectivity index (χ1v) is 28.1. The molecule has 6 aliphatic heterocycles. The van der Waals surface area contributed by atoms with Crippen molar-refractivity contribution in [3.05, 3.63) is 35.9 Å². The van der Waals surface area contributed by atoms with Crippen LogP contribution in [0, 0.1) is 41.4 Å². The Morgan fingerprint density at radius 2 is 0.864 bits per heavy atom. The smallest absolute Gasteiger partial charge is 0.252 e. The van der Waals surface area contributed by atoms with Gasteiger partial charge in [-0.05, 0) is 31.2 Å². The third kappa shape index (κ3) is 21.3. The van der Waals surface area contributed by atoms with Crippen molar-refractivity contribution in [3.63, 3.8) is 0 Å². The molecule has 0 spiro atoms. The van der Waals surface area contributed by atoms with E-state index in [1.165, 1.54) is 0 Å². The molecule has 18 nitrogen and oxygen atoms in total. The monoisotopic (exact) mass is 1190 g/mol. The SMILES string of the molecule is CC[C@@H]1NC[C@@H](O)[C@H](O)[C@H]1C(F)F.CC[C@@H]1NC[C@@H](O)[C@H](O)[C@H]1CF.CC[C@H]1NC[C@@H](O)[C@H](O)[C@H]1C(F)F.CC[C@H]1NC[C@@H](O)[C@H](O)[C@H]1CF.O[C@H]1[C@H](O)CN(Cc2ccccc2)C[C@@H]1C(F)F.O[C@H]1[C@H](O)CNC[C@@H]1C1CC1(F)F. The van der Waals surface area contributed by atoms with Crippen LogP contribution in [0.2, 0.25) is 0 Å². The zero-order valence-electron chi connectivity index (χ0n) is 46.3. The summed E-state index contributed by atoms with van der Waals surface area (Å²) in [5, 5.41) is 127. The zero-order chi connectivity index (χ0) is 61.1. The molecule has 8 rings (SSSR count). The second-order valence-electron chi connectivity index (χ2n) is 22.1. The Kier molecular flexibility index (Phi) is 32.0. The van der Waals surface area contributed by atoms with Crippen LogP contribution in [-0.4, -0.2) is 254 Å². The molecule has 7 aliphatic rings. The van der Waals surface area contributed by atoms with E-state index in [0.29, 0.717) is 39.0 Å². The lowest BCUT2D eigenvalue weighted by Crippen LogP contribution is -2.58. The van der Waals surface area contributed by atoms with Crippen LogP contribution in [-0.2, 0) is 6.54 Å². The van der Waals surface area contributed by atoms with Crippen molar-refractivity contribution in [3.8, 4) is 0 Å². The van der Waals surface area contributed by atoms with Crippen LogP contribution in [0.1, 0.15) is 65.4 Å². The Morgan fingerprint density at radius 1 is 0.481 bits per heavy atom. The summed E-state index contributed by atoms with van der Waals surface area (Å²) in [6.07, 6.45) is -18.0. The van der Waals surface area contributed by atoms with Crippen LogP contribution in [0.4, 0.5) is 43.9 Å². The molecule has 1 saturated carbocycles. The normalized spacial score (nSPS) is 40.4. The van der Waals surface area contributed by atoms with Crippen molar-refractivity contribution < 1.29 is 105 Å². The van der Waals surface area contributed by atoms with Crippen molar-refractivity contribution in [1.82, 2.24) is 31.5 Å². The number of aliphatic hydroxyl groups excluding tert-OH is 12. The van der Waals surface area contributed by atoms with Crippen LogP contribution in [0.15, 0.2) is 30.3 Å². The molecule has 476 valence electrons. The fourth-order valence-electron chi connectivity index (χ4n) is 11.3. The van der Waals surface area contributed by atoms with Gasteiger partial charge in [0.05, 0.1) is 104 Å². The summed E-state index contributed by atoms with van der Waals surface area (Å²) < 4.78 is 126. The predicted molar refractivity (Wildman–Crippen MR) is 279 cm³/mol. The van der Waals surface area contributed by atoms with Gasteiger partial charge in [-0.3, -0.25) is 13.7 Å². The molecule has 0 aromatic heterocycles. The van der Waals surface area contributed by atoms with Gasteiger partial charge >= 0.3 is 0 Å². The molecule has 0 bridgehead atoms. The number of halogens is 10. The summed E-state index contributed by atoms with van der Waals surface area (Å²) in [6.45, 7) is 8.84. The van der Waals surface area contributed by atoms with Crippen LogP contribution >= 0.6 is 0 Å². The maximum atomic E-state index is 12.8. The highest BCUT2D eigenvalue weighted by Gasteiger charge is 2.62. The fraction of sp³-hybridized carbons (Fsp3) is 0.887. The Hall–Kier alpha value is -2.20. The molecule has 1 aromatic carbocycles. The number of benzene rings is 1. The molecule has 1 aromatic rings. The molecule has 28 heteroatoms. The van der Waals surface area contributed by atoms with Crippen molar-refractivity contribution >= 4 is 0 Å². The minimum absolute atomic E-state index is 0.00611. The highest BCUT2D eigenvalue weighted by Crippen LogP contribution is 2.54. The third-order valence-electron chi connectivity index (χ3n) is 16.5. The Labute approximate surface area is 467 Å². The van der Waals surface area contributed by atoms with E-state index in [1.807, 2.05) is 44.2 Å². The first-order valence-electron chi connectivity index (χ1n) is 28.1. The molecule has 23 atom stereocenters. The summed E-state index contributed by atoms with van der Waals surface area (Å²) in [5.74, 6) is -8.29. The van der Waals surface area contributed by atoms with E-state index >= 15 is 0 Å². The van der Waals surface area contributed by atoms with Gasteiger partial charge in [0.15, 0.2) is 0 Å². The Balaban J connectivity index is 0.000000257. The number of hydrogen-bond acceptors (Lipinski definition) is 18. The van der Waals surface area contributed by atoms with E-state index in [1.54, 1.807) is 18.7 Å². The lowest BCUT2D eigenvalue weighted by atomic mass is 9.85. The van der Waals surface area contributed by atoms with E-state index in [-0.39, 0.29) is 51.2 Å². The number of hydrogen-bond donors (Lipinski definition) is 17. The average molecular weight is 1200 g/mol. The first-order chi connectivity index (χ1) is 38.2. The molecule has 0 amide bonds. The van der Waals surface area contributed by atoms with Gasteiger partial charge in [0.25, 0.3) is 5.92 Å². The van der Waals surface area contributed by atoms with Crippen molar-refractivity contribution in [2.45, 2.75) is 189 Å². The van der Waals surface area contributed by atoms with Gasteiger partial charge in [0, 0.05) is 113 Å². The third-order valence-corrected chi connectivity index (χ3v) is 16.5. The number of likely N-dealkylation sites (tertiary alicyclic amines) is 1. The van der Waals surface area contributed by atoms with Crippen molar-refractivity contribution in [2.24, 2.45) is 41.4 Å². The van der Waals surface area contributed by atoms with Crippen LogP contribution in [0.25, 0.3) is 0 Å². The van der Waals surface area contributed by atoms with E-state index < -0.39 is 165 Å². The molecule has 6 saturated heterocycles. The number of nitrogens with one attached hydrogen (secondary N) is 5. The van der Waals surface area contributed by atoms with Crippen LogP contribution in [0.5, 0.6) is 0 Å². The molecule has 6 heterocycles. The van der Waals surface area contributed by atoms with E-state index in [0.717, 1.165) is 18.4 Å². The fourth-order valence-corrected chi connectivity index (χ4v) is 11.3. The summed E-state index contributed by atoms with van der Waals surface area (Å²) in [7, 11) is 0. The quantitative estimate of drug-likeness (QED) is 0.122. The number of piperidine rings is 6. The summed E-state index contributed by atoms with van der Waals surface area (Å²) in [4.78, 5) is 1.75. The van der Waals surface area contributed by atoms with Crippen LogP contribution in [0.3, 0.4) is 0 Å². The molecular weight excluding hydrogens is 1100 g/mol. The Bertz CT molecular complexity index is 1770. The van der Waals surface area contributed by atoms with Gasteiger partial charge in [-0.2, -0.15) is 0 Å². The van der Waals surface area contributed by atoms with Gasteiger partial charge in [-0.15, -0.1) is 0 Å². The summed E-state index contributed by atoms with van der Waals surface area (Å²) in [6, 6.07) is 8.66. The summed E-state index contributed by atoms with van der Waals surface area (Å²) in [5.41, 5.74) is 1.01. The standard InChI is InChI=1S/C13H17F2NO2.C8H13F2NO2.2C8H15F2NO2.2C8H16FNO2/c14-13(15)10-7-16(8-11(17)12(10)18)6-9-4-2-1-3-5-9;9-8(10)1-5(8)4-2-11-3-6(12)7(4)13;2*1-2-4-6(8(9)10)7(13)5(12)3-11-4;2*1-2-6-5(3-9)8(12)7(11)4-10-6/h1-5,10-13,17-18H,6-8H2;4-7,11-13H,1-3H2;2*4-8,11-13H,2-3H2,1H3;2*5-8,10-12H,2-4H2,1H3/t10-,11+,12+;4-,5?,6-,7-;4-,5+,6-,7-;4-,5-,6+,7+;5-,6+,7+,8+;5-,6-,7+,8+/m010100/s1. The lowest BCUT2D eigenvalue weighted by molar-refractivity contribution is -0.118. The van der Waals surface area contributed by atoms with E-state index in [4.69, 9.17) is 10.2 Å². The zero-order valence-corrected chi connectivity index (χ0v) is 46.3. The maximum Gasteiger partial charge on any atom is 0.252 e. The molecule has 17 N–H and O–H groups in total. The topological polar surface area (TPSA) is 306 Å². The average Bonchev–Trinajstić information content (AvgIpc) is 4.22. The largest absolute Gasteiger partial charge is 0.390 e. The van der Waals surface area contributed by atoms with Gasteiger partial charge in [0.2, 0.25) is 19.3 Å². The van der Waals surface area contributed by atoms with Crippen molar-refractivity contribution in [1.29, 1.82) is 0 Å². The predicted octanol–water partition coefficient (Wildman–Crippen LogP) is -0.0179. The molecule has 1 aliphatic carbocycles. The number of alkyl halides is 10. The highest BCUT2D eigenvalue weighted by molar-refractivity contribution is 5.15. The molecule has 1 unspecified atom stereocenters. The lowest BCUT2D eigenvalue weighted by Gasteiger charge is -2.38. The minimum atomic E-state index is -2.62.